The van der Waals surface area contributed by atoms with E-state index >= 15 is 4.39 Å². The normalized spacial score (nSPS) is 10.6. The molecule has 1 aliphatic heterocycles. The van der Waals surface area contributed by atoms with Gasteiger partial charge in [-0.1, -0.05) is 23.2 Å². The van der Waals surface area contributed by atoms with Crippen molar-refractivity contribution in [3.63, 3.8) is 0 Å². The summed E-state index contributed by atoms with van der Waals surface area (Å²) in [7, 11) is 0. The van der Waals surface area contributed by atoms with Crippen molar-refractivity contribution in [1.29, 1.82) is 0 Å². The Morgan fingerprint density at radius 2 is 0.949 bits per heavy atom. The summed E-state index contributed by atoms with van der Waals surface area (Å²) in [6, 6.07) is 11.4. The third-order valence-electron chi connectivity index (χ3n) is 10.3. The number of rotatable bonds is 27. The third-order valence-corrected chi connectivity index (χ3v) is 10.9. The summed E-state index contributed by atoms with van der Waals surface area (Å²) in [5.41, 5.74) is 0.783. The van der Waals surface area contributed by atoms with E-state index < -0.39 is 138 Å². The lowest BCUT2D eigenvalue weighted by molar-refractivity contribution is -0.167. The first kappa shape index (κ1) is 60.9. The van der Waals surface area contributed by atoms with Gasteiger partial charge in [0.15, 0.2) is 0 Å². The number of benzene rings is 4. The number of carbonyl (C=O) groups excluding carboxylic acids is 9. The van der Waals surface area contributed by atoms with Crippen LogP contribution >= 0.6 is 23.2 Å². The van der Waals surface area contributed by atoms with Crippen LogP contribution in [0.4, 0.5) is 15.8 Å². The van der Waals surface area contributed by atoms with E-state index in [4.69, 9.17) is 75.0 Å². The molecule has 0 aromatic heterocycles. The van der Waals surface area contributed by atoms with Gasteiger partial charge in [-0.3, -0.25) is 47.9 Å². The van der Waals surface area contributed by atoms with Gasteiger partial charge in [0, 0.05) is 69.3 Å². The molecule has 0 amide bonds. The summed E-state index contributed by atoms with van der Waals surface area (Å²) < 4.78 is 83.0. The van der Waals surface area contributed by atoms with Gasteiger partial charge in [0.05, 0.1) is 21.4 Å². The number of fused-ring (bicyclic) bond motifs is 2. The van der Waals surface area contributed by atoms with Crippen LogP contribution in [-0.2, 0) is 85.8 Å². The first-order valence-electron chi connectivity index (χ1n) is 23.0. The Balaban J connectivity index is 1.63. The predicted molar refractivity (Wildman–Crippen MR) is 269 cm³/mol. The summed E-state index contributed by atoms with van der Waals surface area (Å²) >= 11 is 13.2. The number of aryl methyl sites for hydroxylation is 1. The van der Waals surface area contributed by atoms with Gasteiger partial charge >= 0.3 is 53.7 Å². The molecule has 2 aliphatic rings. The van der Waals surface area contributed by atoms with Gasteiger partial charge in [0.2, 0.25) is 39.4 Å². The molecule has 3 aromatic rings. The fourth-order valence-electron chi connectivity index (χ4n) is 6.91. The molecule has 422 valence electrons. The van der Waals surface area contributed by atoms with Crippen LogP contribution in [0, 0.1) is 12.7 Å². The number of anilines is 2. The zero-order valence-corrected chi connectivity index (χ0v) is 44.4. The Labute approximate surface area is 457 Å². The molecule has 0 fully saturated rings. The molecule has 5 rings (SSSR count). The van der Waals surface area contributed by atoms with Crippen LogP contribution < -0.4 is 29.4 Å². The van der Waals surface area contributed by atoms with E-state index in [0.29, 0.717) is 22.1 Å². The molecular weight excluding hydrogens is 1100 g/mol. The summed E-state index contributed by atoms with van der Waals surface area (Å²) in [5, 5.41) is 0.131. The van der Waals surface area contributed by atoms with E-state index in [9.17, 15) is 47.9 Å². The van der Waals surface area contributed by atoms with Crippen LogP contribution in [0.3, 0.4) is 0 Å². The molecule has 1 heterocycles. The van der Waals surface area contributed by atoms with Crippen molar-refractivity contribution in [1.82, 2.24) is 0 Å². The van der Waals surface area contributed by atoms with Crippen molar-refractivity contribution in [2.24, 2.45) is 0 Å². The van der Waals surface area contributed by atoms with Crippen LogP contribution in [-0.4, -0.2) is 127 Å². The molecule has 0 saturated carbocycles. The largest absolute Gasteiger partial charge is 0.488 e. The van der Waals surface area contributed by atoms with Crippen LogP contribution in [0.2, 0.25) is 10.0 Å². The first-order chi connectivity index (χ1) is 37.5. The minimum Gasteiger partial charge on any atom is -0.488 e. The van der Waals surface area contributed by atoms with E-state index in [2.05, 4.69) is 9.47 Å². The monoisotopic (exact) mass is 1150 g/mol. The lowest BCUT2D eigenvalue weighted by Gasteiger charge is -2.27. The van der Waals surface area contributed by atoms with Gasteiger partial charge in [-0.15, -0.1) is 0 Å². The Bertz CT molecular complexity index is 3080. The highest BCUT2D eigenvalue weighted by atomic mass is 35.5. The second-order valence-corrected chi connectivity index (χ2v) is 17.0. The second kappa shape index (κ2) is 29.0. The first-order valence-corrected chi connectivity index (χ1v) is 23.8. The van der Waals surface area contributed by atoms with E-state index in [0.717, 1.165) is 61.8 Å². The number of hydrogen-bond donors (Lipinski definition) is 0. The van der Waals surface area contributed by atoms with E-state index in [1.54, 1.807) is 6.92 Å². The van der Waals surface area contributed by atoms with Gasteiger partial charge in [0.25, 0.3) is 0 Å². The Morgan fingerprint density at radius 3 is 1.43 bits per heavy atom. The van der Waals surface area contributed by atoms with E-state index in [-0.39, 0.29) is 55.6 Å². The molecule has 3 aromatic carbocycles. The molecule has 0 N–H and O–H groups in total. The smallest absolute Gasteiger partial charge is 0.328 e. The van der Waals surface area contributed by atoms with Gasteiger partial charge < -0.3 is 71.1 Å². The second-order valence-electron chi connectivity index (χ2n) is 16.2. The number of halogens is 3. The maximum absolute atomic E-state index is 15.0. The van der Waals surface area contributed by atoms with Gasteiger partial charge in [-0.2, -0.15) is 0 Å². The highest BCUT2D eigenvalue weighted by Crippen LogP contribution is 2.47. The van der Waals surface area contributed by atoms with Crippen molar-refractivity contribution >= 4 is 99.3 Å². The maximum atomic E-state index is 15.0. The molecule has 0 bridgehead atoms. The molecular formula is C51H49Cl2FN2O23. The number of esters is 9. The SMILES string of the molecule is CC(=O)OCOC(=O)CN(CC(=O)OCOC(C)=O)c1ccc(F)cc1OCCOc1cc(-c2c3cc(Cl)c(=O)cc-3oc3cc(OCOC(C)=O)c(Cl)cc23)c(C)cc1N(CC(=O)OCOC(C)=O)CC(=O)OCOC(C)=O. The Kier molecular flexibility index (Phi) is 22.4. The highest BCUT2D eigenvalue weighted by Gasteiger charge is 2.28. The van der Waals surface area contributed by atoms with Crippen LogP contribution in [0.15, 0.2) is 63.8 Å². The zero-order chi connectivity index (χ0) is 57.9. The summed E-state index contributed by atoms with van der Waals surface area (Å²) in [5.74, 6) is -8.96. The fourth-order valence-corrected chi connectivity index (χ4v) is 7.30. The van der Waals surface area contributed by atoms with E-state index in [1.165, 1.54) is 37.3 Å². The average molecular weight is 1150 g/mol. The number of hydrogen-bond acceptors (Lipinski definition) is 25. The Morgan fingerprint density at radius 1 is 0.494 bits per heavy atom. The minimum absolute atomic E-state index is 0.000527. The molecule has 0 spiro atoms. The predicted octanol–water partition coefficient (Wildman–Crippen LogP) is 5.54. The zero-order valence-electron chi connectivity index (χ0n) is 42.9. The van der Waals surface area contributed by atoms with Gasteiger partial charge in [0.1, 0.15) is 73.8 Å². The van der Waals surface area contributed by atoms with Crippen molar-refractivity contribution in [3.05, 3.63) is 86.2 Å². The Hall–Kier alpha value is -8.91. The average Bonchev–Trinajstić information content (AvgIpc) is 3.57. The number of ether oxygens (including phenoxy) is 12. The standard InChI is InChI=1S/C51H49Cl2FN2O23/c1-27-11-40(56(20-49(65)77-25-72-31(5)60)21-50(66)78-26-73-32(6)61)46(15-34(27)51-35-13-37(52)41(62)16-42(35)79-43-17-44(38(53)14-36(43)51)74-22-69-28(2)57)68-10-9-67-45-12-33(54)7-8-39(45)55(18-47(63)75-23-70-29(3)58)19-48(64)76-24-71-30(4)59/h7-8,11-17H,9-10,18-26H2,1-6H3. The third kappa shape index (κ3) is 18.7. The quantitative estimate of drug-likeness (QED) is 0.0205. The molecule has 25 nitrogen and oxygen atoms in total. The van der Waals surface area contributed by atoms with Gasteiger partial charge in [-0.25, -0.2) is 4.39 Å². The van der Waals surface area contributed by atoms with Crippen molar-refractivity contribution in [3.8, 4) is 39.7 Å². The van der Waals surface area contributed by atoms with E-state index in [1.807, 2.05) is 0 Å². The topological polar surface area (TPSA) is 301 Å². The molecule has 79 heavy (non-hydrogen) atoms. The molecule has 0 unspecified atom stereocenters. The van der Waals surface area contributed by atoms with Crippen LogP contribution in [0.25, 0.3) is 33.4 Å². The number of nitrogens with zero attached hydrogens (tertiary/aromatic N) is 2. The number of carbonyl (C=O) groups is 9. The summed E-state index contributed by atoms with van der Waals surface area (Å²) in [4.78, 5) is 125. The van der Waals surface area contributed by atoms with Crippen molar-refractivity contribution < 1.29 is 109 Å². The molecule has 0 radical (unpaired) electrons. The molecule has 28 heteroatoms. The van der Waals surface area contributed by atoms with Crippen LogP contribution in [0.1, 0.15) is 40.2 Å². The fraction of sp³-hybridized carbons (Fsp3) is 0.333. The maximum Gasteiger partial charge on any atom is 0.328 e. The minimum atomic E-state index is -1.02. The summed E-state index contributed by atoms with van der Waals surface area (Å²) in [6.07, 6.45) is 0. The molecule has 0 atom stereocenters. The lowest BCUT2D eigenvalue weighted by atomic mass is 9.90. The molecule has 0 saturated heterocycles. The van der Waals surface area contributed by atoms with Crippen molar-refractivity contribution in [2.45, 2.75) is 41.5 Å². The van der Waals surface area contributed by atoms with Crippen molar-refractivity contribution in [2.75, 3.05) is 83.2 Å². The lowest BCUT2D eigenvalue weighted by Crippen LogP contribution is -2.37. The van der Waals surface area contributed by atoms with Gasteiger partial charge in [-0.05, 0) is 54.4 Å². The molecule has 1 aliphatic carbocycles. The summed E-state index contributed by atoms with van der Waals surface area (Å²) in [6.45, 7) is -0.412. The van der Waals surface area contributed by atoms with Crippen LogP contribution in [0.5, 0.6) is 17.2 Å². The highest BCUT2D eigenvalue weighted by molar-refractivity contribution is 6.33.